The molecule has 2 heterocycles. The normalized spacial score (nSPS) is 25.2. The molecule has 0 aliphatic carbocycles. The van der Waals surface area contributed by atoms with Gasteiger partial charge in [-0.25, -0.2) is 4.79 Å². The van der Waals surface area contributed by atoms with E-state index < -0.39 is 5.97 Å². The number of hydrogen-bond acceptors (Lipinski definition) is 4. The molecule has 1 atom stereocenters. The minimum Gasteiger partial charge on any atom is -0.478 e. The fourth-order valence-electron chi connectivity index (χ4n) is 3.54. The highest BCUT2D eigenvalue weighted by Crippen LogP contribution is 2.35. The number of aliphatic hydroxyl groups is 1. The predicted molar refractivity (Wildman–Crippen MR) is 81.8 cm³/mol. The number of likely N-dealkylation sites (tertiary alicyclic amines) is 1. The van der Waals surface area contributed by atoms with Gasteiger partial charge in [-0.3, -0.25) is 4.90 Å². The van der Waals surface area contributed by atoms with Crippen LogP contribution < -0.4 is 0 Å². The molecular formula is C17H23NO4. The number of aromatic carboxylic acids is 1. The summed E-state index contributed by atoms with van der Waals surface area (Å²) >= 11 is 0. The SMILES string of the molecule is O=C(O)c1cccc(CN2CCC3(CC2)OCCC[C@H]3O)c1. The zero-order valence-corrected chi connectivity index (χ0v) is 12.7. The zero-order valence-electron chi connectivity index (χ0n) is 12.7. The van der Waals surface area contributed by atoms with Crippen molar-refractivity contribution < 1.29 is 19.7 Å². The maximum absolute atomic E-state index is 11.0. The van der Waals surface area contributed by atoms with Crippen LogP contribution in [-0.4, -0.2) is 52.5 Å². The van der Waals surface area contributed by atoms with Crippen LogP contribution in [0.25, 0.3) is 0 Å². The smallest absolute Gasteiger partial charge is 0.335 e. The van der Waals surface area contributed by atoms with E-state index in [1.165, 1.54) is 0 Å². The molecule has 5 nitrogen and oxygen atoms in total. The minimum atomic E-state index is -0.891. The van der Waals surface area contributed by atoms with Crippen LogP contribution in [0.1, 0.15) is 41.6 Å². The quantitative estimate of drug-likeness (QED) is 0.892. The molecule has 0 radical (unpaired) electrons. The molecule has 2 N–H and O–H groups in total. The van der Waals surface area contributed by atoms with Crippen molar-refractivity contribution in [3.63, 3.8) is 0 Å². The fourth-order valence-corrected chi connectivity index (χ4v) is 3.54. The van der Waals surface area contributed by atoms with E-state index in [-0.39, 0.29) is 11.7 Å². The third-order valence-corrected chi connectivity index (χ3v) is 4.90. The van der Waals surface area contributed by atoms with Gasteiger partial charge in [0.1, 0.15) is 0 Å². The summed E-state index contributed by atoms with van der Waals surface area (Å²) in [5.74, 6) is -0.891. The molecule has 2 aliphatic heterocycles. The Kier molecular flexibility index (Phi) is 4.47. The zero-order chi connectivity index (χ0) is 15.6. The molecule has 22 heavy (non-hydrogen) atoms. The van der Waals surface area contributed by atoms with Gasteiger partial charge >= 0.3 is 5.97 Å². The Bertz CT molecular complexity index is 537. The lowest BCUT2D eigenvalue weighted by Crippen LogP contribution is -2.55. The Labute approximate surface area is 130 Å². The van der Waals surface area contributed by atoms with E-state index in [9.17, 15) is 9.90 Å². The molecule has 0 amide bonds. The highest BCUT2D eigenvalue weighted by Gasteiger charge is 2.43. The topological polar surface area (TPSA) is 70.0 Å². The first-order chi connectivity index (χ1) is 10.6. The van der Waals surface area contributed by atoms with Crippen LogP contribution in [0.3, 0.4) is 0 Å². The Morgan fingerprint density at radius 3 is 2.82 bits per heavy atom. The van der Waals surface area contributed by atoms with Crippen molar-refractivity contribution in [2.24, 2.45) is 0 Å². The lowest BCUT2D eigenvalue weighted by molar-refractivity contribution is -0.177. The standard InChI is InChI=1S/C17H23NO4/c19-15-5-2-10-22-17(15)6-8-18(9-7-17)12-13-3-1-4-14(11-13)16(20)21/h1,3-4,11,15,19H,2,5-10,12H2,(H,20,21)/t15-/m1/s1. The summed E-state index contributed by atoms with van der Waals surface area (Å²) in [5, 5.41) is 19.3. The van der Waals surface area contributed by atoms with E-state index in [0.29, 0.717) is 5.56 Å². The van der Waals surface area contributed by atoms with Gasteiger partial charge in [-0.2, -0.15) is 0 Å². The van der Waals surface area contributed by atoms with Gasteiger partial charge in [-0.1, -0.05) is 12.1 Å². The molecular weight excluding hydrogens is 282 g/mol. The number of aliphatic hydroxyl groups excluding tert-OH is 1. The average molecular weight is 305 g/mol. The summed E-state index contributed by atoms with van der Waals surface area (Å²) in [5.41, 5.74) is 0.996. The number of nitrogens with zero attached hydrogens (tertiary/aromatic N) is 1. The molecule has 2 aliphatic rings. The van der Waals surface area contributed by atoms with E-state index in [2.05, 4.69) is 4.90 Å². The second-order valence-corrected chi connectivity index (χ2v) is 6.35. The highest BCUT2D eigenvalue weighted by molar-refractivity contribution is 5.87. The molecule has 3 rings (SSSR count). The van der Waals surface area contributed by atoms with Crippen LogP contribution in [0.2, 0.25) is 0 Å². The molecule has 120 valence electrons. The number of benzene rings is 1. The molecule has 2 fully saturated rings. The Morgan fingerprint density at radius 2 is 2.14 bits per heavy atom. The van der Waals surface area contributed by atoms with Crippen LogP contribution in [0.4, 0.5) is 0 Å². The lowest BCUT2D eigenvalue weighted by atomic mass is 9.82. The molecule has 0 unspecified atom stereocenters. The first-order valence-corrected chi connectivity index (χ1v) is 7.96. The second kappa shape index (κ2) is 6.36. The minimum absolute atomic E-state index is 0.331. The van der Waals surface area contributed by atoms with Gasteiger partial charge in [0.15, 0.2) is 0 Å². The average Bonchev–Trinajstić information content (AvgIpc) is 2.53. The first kappa shape index (κ1) is 15.5. The summed E-state index contributed by atoms with van der Waals surface area (Å²) in [6, 6.07) is 7.10. The van der Waals surface area contributed by atoms with Gasteiger partial charge in [0.05, 0.1) is 17.3 Å². The molecule has 2 saturated heterocycles. The fraction of sp³-hybridized carbons (Fsp3) is 0.588. The number of piperidine rings is 1. The summed E-state index contributed by atoms with van der Waals surface area (Å²) in [4.78, 5) is 13.3. The van der Waals surface area contributed by atoms with Crippen molar-refractivity contribution in [2.45, 2.75) is 43.9 Å². The maximum Gasteiger partial charge on any atom is 0.335 e. The summed E-state index contributed by atoms with van der Waals surface area (Å²) in [7, 11) is 0. The summed E-state index contributed by atoms with van der Waals surface area (Å²) < 4.78 is 5.91. The lowest BCUT2D eigenvalue weighted by Gasteiger charge is -2.46. The third kappa shape index (κ3) is 3.16. The largest absolute Gasteiger partial charge is 0.478 e. The van der Waals surface area contributed by atoms with Crippen molar-refractivity contribution in [1.29, 1.82) is 0 Å². The Balaban J connectivity index is 1.60. The van der Waals surface area contributed by atoms with Gasteiger partial charge in [-0.05, 0) is 43.4 Å². The van der Waals surface area contributed by atoms with E-state index in [0.717, 1.165) is 57.5 Å². The van der Waals surface area contributed by atoms with Crippen molar-refractivity contribution in [1.82, 2.24) is 4.90 Å². The van der Waals surface area contributed by atoms with Crippen LogP contribution in [0, 0.1) is 0 Å². The number of carbonyl (C=O) groups is 1. The predicted octanol–water partition coefficient (Wildman–Crippen LogP) is 1.89. The number of ether oxygens (including phenoxy) is 1. The molecule has 1 spiro atoms. The molecule has 0 bridgehead atoms. The molecule has 0 aromatic heterocycles. The van der Waals surface area contributed by atoms with Gasteiger partial charge in [0, 0.05) is 26.2 Å². The van der Waals surface area contributed by atoms with Crippen molar-refractivity contribution in [2.75, 3.05) is 19.7 Å². The van der Waals surface area contributed by atoms with Crippen molar-refractivity contribution >= 4 is 5.97 Å². The van der Waals surface area contributed by atoms with E-state index >= 15 is 0 Å². The molecule has 5 heteroatoms. The second-order valence-electron chi connectivity index (χ2n) is 6.35. The van der Waals surface area contributed by atoms with E-state index in [1.807, 2.05) is 6.07 Å². The van der Waals surface area contributed by atoms with E-state index in [4.69, 9.17) is 9.84 Å². The summed E-state index contributed by atoms with van der Waals surface area (Å²) in [6.45, 7) is 3.23. The summed E-state index contributed by atoms with van der Waals surface area (Å²) in [6.07, 6.45) is 3.10. The molecule has 1 aromatic carbocycles. The van der Waals surface area contributed by atoms with Gasteiger partial charge in [0.25, 0.3) is 0 Å². The Hall–Kier alpha value is -1.43. The van der Waals surface area contributed by atoms with Crippen LogP contribution in [0.5, 0.6) is 0 Å². The molecule has 0 saturated carbocycles. The number of rotatable bonds is 3. The monoisotopic (exact) mass is 305 g/mol. The highest BCUT2D eigenvalue weighted by atomic mass is 16.5. The van der Waals surface area contributed by atoms with Crippen LogP contribution in [0.15, 0.2) is 24.3 Å². The van der Waals surface area contributed by atoms with Gasteiger partial charge in [0.2, 0.25) is 0 Å². The number of carboxylic acid groups (broad SMARTS) is 1. The Morgan fingerprint density at radius 1 is 1.36 bits per heavy atom. The van der Waals surface area contributed by atoms with Crippen LogP contribution >= 0.6 is 0 Å². The van der Waals surface area contributed by atoms with E-state index in [1.54, 1.807) is 18.2 Å². The third-order valence-electron chi connectivity index (χ3n) is 4.90. The van der Waals surface area contributed by atoms with Crippen molar-refractivity contribution in [3.8, 4) is 0 Å². The van der Waals surface area contributed by atoms with Crippen molar-refractivity contribution in [3.05, 3.63) is 35.4 Å². The van der Waals surface area contributed by atoms with Gasteiger partial charge in [-0.15, -0.1) is 0 Å². The molecule has 1 aromatic rings. The van der Waals surface area contributed by atoms with Gasteiger partial charge < -0.3 is 14.9 Å². The maximum atomic E-state index is 11.0. The number of hydrogen-bond donors (Lipinski definition) is 2. The number of carboxylic acids is 1. The van der Waals surface area contributed by atoms with Crippen LogP contribution in [-0.2, 0) is 11.3 Å². The first-order valence-electron chi connectivity index (χ1n) is 7.96.